The van der Waals surface area contributed by atoms with Gasteiger partial charge in [0, 0.05) is 22.6 Å². The van der Waals surface area contributed by atoms with Crippen LogP contribution in [0.1, 0.15) is 43.6 Å². The molecule has 0 aliphatic heterocycles. The first-order valence-corrected chi connectivity index (χ1v) is 12.4. The zero-order valence-electron chi connectivity index (χ0n) is 22.0. The van der Waals surface area contributed by atoms with Crippen LogP contribution in [0.4, 0.5) is 0 Å². The predicted molar refractivity (Wildman–Crippen MR) is 146 cm³/mol. The van der Waals surface area contributed by atoms with Crippen LogP contribution in [0.15, 0.2) is 65.8 Å². The van der Waals surface area contributed by atoms with E-state index in [-0.39, 0.29) is 30.9 Å². The molecule has 0 saturated heterocycles. The van der Waals surface area contributed by atoms with Gasteiger partial charge in [0.1, 0.15) is 23.8 Å². The molecule has 0 fully saturated rings. The second-order valence-corrected chi connectivity index (χ2v) is 9.03. The molecule has 9 nitrogen and oxygen atoms in total. The van der Waals surface area contributed by atoms with Crippen LogP contribution in [0.5, 0.6) is 11.5 Å². The van der Waals surface area contributed by atoms with Gasteiger partial charge in [-0.15, -0.1) is 0 Å². The lowest BCUT2D eigenvalue weighted by Crippen LogP contribution is -2.13. The number of carbonyl (C=O) groups is 1. The number of aromatic nitrogens is 2. The number of para-hydroxylation sites is 1. The SMILES string of the molecule is CCOC(=O)Cc1ccccc1OCc1nn(C(C)C)c2ccc(-c3cc(OC)cc(/C(N)=N/O)c3)cc12. The quantitative estimate of drug-likeness (QED) is 0.0992. The van der Waals surface area contributed by atoms with Crippen LogP contribution >= 0.6 is 0 Å². The smallest absolute Gasteiger partial charge is 0.310 e. The first-order valence-electron chi connectivity index (χ1n) is 12.4. The third-order valence-corrected chi connectivity index (χ3v) is 6.13. The van der Waals surface area contributed by atoms with Crippen molar-refractivity contribution in [3.63, 3.8) is 0 Å². The molecule has 198 valence electrons. The molecule has 0 saturated carbocycles. The van der Waals surface area contributed by atoms with E-state index in [0.717, 1.165) is 33.3 Å². The summed E-state index contributed by atoms with van der Waals surface area (Å²) in [4.78, 5) is 12.1. The van der Waals surface area contributed by atoms with Crippen molar-refractivity contribution in [2.45, 2.75) is 39.8 Å². The molecule has 0 amide bonds. The molecule has 3 N–H and O–H groups in total. The molecule has 1 heterocycles. The molecule has 0 aliphatic carbocycles. The van der Waals surface area contributed by atoms with Gasteiger partial charge in [0.15, 0.2) is 5.84 Å². The second-order valence-electron chi connectivity index (χ2n) is 9.03. The Morgan fingerprint density at radius 2 is 1.89 bits per heavy atom. The summed E-state index contributed by atoms with van der Waals surface area (Å²) >= 11 is 0. The fourth-order valence-corrected chi connectivity index (χ4v) is 4.28. The number of nitrogens with zero attached hydrogens (tertiary/aromatic N) is 3. The molecule has 38 heavy (non-hydrogen) atoms. The molecule has 0 bridgehead atoms. The number of ether oxygens (including phenoxy) is 3. The van der Waals surface area contributed by atoms with Gasteiger partial charge in [0.05, 0.1) is 25.7 Å². The van der Waals surface area contributed by atoms with Crippen molar-refractivity contribution in [1.82, 2.24) is 9.78 Å². The average molecular weight is 517 g/mol. The lowest BCUT2D eigenvalue weighted by Gasteiger charge is -2.11. The number of methoxy groups -OCH3 is 1. The van der Waals surface area contributed by atoms with E-state index in [2.05, 4.69) is 25.1 Å². The number of hydrogen-bond acceptors (Lipinski definition) is 7. The van der Waals surface area contributed by atoms with E-state index >= 15 is 0 Å². The number of oxime groups is 1. The monoisotopic (exact) mass is 516 g/mol. The lowest BCUT2D eigenvalue weighted by molar-refractivity contribution is -0.142. The average Bonchev–Trinajstić information content (AvgIpc) is 3.30. The second kappa shape index (κ2) is 11.7. The van der Waals surface area contributed by atoms with Crippen LogP contribution in [0.2, 0.25) is 0 Å². The summed E-state index contributed by atoms with van der Waals surface area (Å²) in [5.41, 5.74) is 10.7. The third kappa shape index (κ3) is 5.72. The van der Waals surface area contributed by atoms with E-state index in [1.807, 2.05) is 53.2 Å². The van der Waals surface area contributed by atoms with Gasteiger partial charge < -0.3 is 25.2 Å². The van der Waals surface area contributed by atoms with Crippen LogP contribution in [0.25, 0.3) is 22.0 Å². The Kier molecular flexibility index (Phi) is 8.15. The molecule has 4 rings (SSSR count). The van der Waals surface area contributed by atoms with Gasteiger partial charge in [0.2, 0.25) is 0 Å². The fourth-order valence-electron chi connectivity index (χ4n) is 4.28. The Balaban J connectivity index is 1.72. The van der Waals surface area contributed by atoms with Crippen molar-refractivity contribution in [3.05, 3.63) is 77.5 Å². The van der Waals surface area contributed by atoms with E-state index < -0.39 is 0 Å². The zero-order chi connectivity index (χ0) is 27.2. The maximum Gasteiger partial charge on any atom is 0.310 e. The Morgan fingerprint density at radius 1 is 1.11 bits per heavy atom. The zero-order valence-corrected chi connectivity index (χ0v) is 22.0. The minimum Gasteiger partial charge on any atom is -0.497 e. The normalized spacial score (nSPS) is 11.7. The summed E-state index contributed by atoms with van der Waals surface area (Å²) < 4.78 is 18.7. The standard InChI is InChI=1S/C29H32N4O5/c1-5-37-28(34)16-20-8-6-7-9-27(20)38-17-25-24-15-19(10-11-26(24)33(31-25)18(2)3)21-12-22(29(30)32-35)14-23(13-21)36-4/h6-15,18,35H,5,16-17H2,1-4H3,(H2,30,32). The summed E-state index contributed by atoms with van der Waals surface area (Å²) in [7, 11) is 1.57. The summed E-state index contributed by atoms with van der Waals surface area (Å²) in [5, 5.41) is 18.1. The van der Waals surface area contributed by atoms with Crippen LogP contribution in [-0.2, 0) is 22.6 Å². The van der Waals surface area contributed by atoms with Crippen molar-refractivity contribution >= 4 is 22.7 Å². The van der Waals surface area contributed by atoms with E-state index in [9.17, 15) is 4.79 Å². The first kappa shape index (κ1) is 26.5. The number of fused-ring (bicyclic) bond motifs is 1. The van der Waals surface area contributed by atoms with Crippen molar-refractivity contribution in [2.24, 2.45) is 10.9 Å². The van der Waals surface area contributed by atoms with Crippen molar-refractivity contribution in [3.8, 4) is 22.6 Å². The molecule has 4 aromatic rings. The van der Waals surface area contributed by atoms with Gasteiger partial charge >= 0.3 is 5.97 Å². The van der Waals surface area contributed by atoms with Crippen LogP contribution in [0, 0.1) is 0 Å². The summed E-state index contributed by atoms with van der Waals surface area (Å²) in [5.74, 6) is 0.894. The number of hydrogen-bond donors (Lipinski definition) is 2. The van der Waals surface area contributed by atoms with E-state index in [1.54, 1.807) is 20.1 Å². The Hall–Kier alpha value is -4.53. The highest BCUT2D eigenvalue weighted by molar-refractivity contribution is 5.99. The molecule has 1 aromatic heterocycles. The molecular formula is C29H32N4O5. The molecule has 0 aliphatic rings. The van der Waals surface area contributed by atoms with E-state index in [0.29, 0.717) is 23.7 Å². The number of carbonyl (C=O) groups excluding carboxylic acids is 1. The van der Waals surface area contributed by atoms with Crippen LogP contribution in [0.3, 0.4) is 0 Å². The minimum atomic E-state index is -0.299. The number of rotatable bonds is 10. The van der Waals surface area contributed by atoms with Crippen LogP contribution in [-0.4, -0.2) is 40.5 Å². The van der Waals surface area contributed by atoms with Gasteiger partial charge in [0.25, 0.3) is 0 Å². The molecular weight excluding hydrogens is 484 g/mol. The fraction of sp³-hybridized carbons (Fsp3) is 0.276. The van der Waals surface area contributed by atoms with Crippen molar-refractivity contribution in [2.75, 3.05) is 13.7 Å². The van der Waals surface area contributed by atoms with Gasteiger partial charge in [-0.2, -0.15) is 5.10 Å². The minimum absolute atomic E-state index is 0.00516. The molecule has 3 aromatic carbocycles. The largest absolute Gasteiger partial charge is 0.497 e. The summed E-state index contributed by atoms with van der Waals surface area (Å²) in [6.45, 7) is 6.48. The van der Waals surface area contributed by atoms with Crippen molar-refractivity contribution < 1.29 is 24.2 Å². The lowest BCUT2D eigenvalue weighted by atomic mass is 10.00. The van der Waals surface area contributed by atoms with Crippen molar-refractivity contribution in [1.29, 1.82) is 0 Å². The molecule has 0 spiro atoms. The van der Waals surface area contributed by atoms with Gasteiger partial charge in [-0.1, -0.05) is 29.4 Å². The first-order chi connectivity index (χ1) is 18.3. The highest BCUT2D eigenvalue weighted by atomic mass is 16.5. The van der Waals surface area contributed by atoms with E-state index in [4.69, 9.17) is 30.3 Å². The molecule has 9 heteroatoms. The highest BCUT2D eigenvalue weighted by Crippen LogP contribution is 2.32. The Labute approximate surface area is 221 Å². The molecule has 0 radical (unpaired) electrons. The molecule has 0 unspecified atom stereocenters. The summed E-state index contributed by atoms with van der Waals surface area (Å²) in [6.07, 6.45) is 0.133. The predicted octanol–water partition coefficient (Wildman–Crippen LogP) is 5.07. The van der Waals surface area contributed by atoms with Gasteiger partial charge in [-0.3, -0.25) is 9.48 Å². The van der Waals surface area contributed by atoms with Gasteiger partial charge in [-0.05, 0) is 68.3 Å². The van der Waals surface area contributed by atoms with Gasteiger partial charge in [-0.25, -0.2) is 0 Å². The number of amidine groups is 1. The molecule has 0 atom stereocenters. The van der Waals surface area contributed by atoms with E-state index in [1.165, 1.54) is 0 Å². The maximum atomic E-state index is 12.1. The number of nitrogens with two attached hydrogens (primary N) is 1. The Bertz CT molecular complexity index is 1480. The number of benzene rings is 3. The van der Waals surface area contributed by atoms with Crippen LogP contribution < -0.4 is 15.2 Å². The topological polar surface area (TPSA) is 121 Å². The Morgan fingerprint density at radius 3 is 2.61 bits per heavy atom. The maximum absolute atomic E-state index is 12.1. The third-order valence-electron chi connectivity index (χ3n) is 6.13. The summed E-state index contributed by atoms with van der Waals surface area (Å²) in [6, 6.07) is 19.1. The highest BCUT2D eigenvalue weighted by Gasteiger charge is 2.17. The number of esters is 1.